The van der Waals surface area contributed by atoms with Gasteiger partial charge in [0.1, 0.15) is 11.6 Å². The van der Waals surface area contributed by atoms with Gasteiger partial charge in [-0.3, -0.25) is 4.98 Å². The second-order valence-electron chi connectivity index (χ2n) is 4.31. The largest absolute Gasteiger partial charge is 0.392 e. The summed E-state index contributed by atoms with van der Waals surface area (Å²) in [5.41, 5.74) is 1.16. The van der Waals surface area contributed by atoms with Crippen molar-refractivity contribution < 1.29 is 13.9 Å². The van der Waals surface area contributed by atoms with Gasteiger partial charge in [-0.15, -0.1) is 0 Å². The Morgan fingerprint density at radius 1 is 1.16 bits per heavy atom. The zero-order valence-corrected chi connectivity index (χ0v) is 10.7. The molecule has 2 nitrogen and oxygen atoms in total. The minimum absolute atomic E-state index is 0.160. The standard InChI is InChI=1S/C14H12ClF2NO/c15-14-8-18-2-1-10(14)6-13(19)5-9-3-11(16)7-12(17)4-9/h1-4,7-8,13,19H,5-6H2. The average Bonchev–Trinajstić information content (AvgIpc) is 2.30. The van der Waals surface area contributed by atoms with E-state index in [-0.39, 0.29) is 6.42 Å². The number of benzene rings is 1. The van der Waals surface area contributed by atoms with Crippen LogP contribution in [0.1, 0.15) is 11.1 Å². The van der Waals surface area contributed by atoms with E-state index in [9.17, 15) is 13.9 Å². The fourth-order valence-electron chi connectivity index (χ4n) is 1.90. The Bertz CT molecular complexity index is 557. The molecule has 1 atom stereocenters. The number of aromatic nitrogens is 1. The molecule has 0 radical (unpaired) electrons. The van der Waals surface area contributed by atoms with Crippen molar-refractivity contribution in [1.82, 2.24) is 4.98 Å². The van der Waals surface area contributed by atoms with Crippen LogP contribution in [0.25, 0.3) is 0 Å². The van der Waals surface area contributed by atoms with Gasteiger partial charge < -0.3 is 5.11 Å². The monoisotopic (exact) mass is 283 g/mol. The van der Waals surface area contributed by atoms with Crippen LogP contribution in [-0.4, -0.2) is 16.2 Å². The van der Waals surface area contributed by atoms with E-state index in [0.29, 0.717) is 17.0 Å². The Kier molecular flexibility index (Phi) is 4.45. The lowest BCUT2D eigenvalue weighted by Gasteiger charge is -2.12. The molecule has 1 unspecified atom stereocenters. The fraction of sp³-hybridized carbons (Fsp3) is 0.214. The lowest BCUT2D eigenvalue weighted by molar-refractivity contribution is 0.175. The molecule has 5 heteroatoms. The maximum Gasteiger partial charge on any atom is 0.126 e. The smallest absolute Gasteiger partial charge is 0.126 e. The van der Waals surface area contributed by atoms with Crippen LogP contribution in [0.5, 0.6) is 0 Å². The van der Waals surface area contributed by atoms with Crippen LogP contribution in [0.4, 0.5) is 8.78 Å². The predicted octanol–water partition coefficient (Wildman–Crippen LogP) is 3.16. The van der Waals surface area contributed by atoms with Crippen molar-refractivity contribution in [2.45, 2.75) is 18.9 Å². The molecule has 0 saturated carbocycles. The number of rotatable bonds is 4. The molecule has 0 aliphatic carbocycles. The molecular weight excluding hydrogens is 272 g/mol. The van der Waals surface area contributed by atoms with Gasteiger partial charge in [-0.1, -0.05) is 11.6 Å². The third-order valence-corrected chi connectivity index (χ3v) is 3.05. The highest BCUT2D eigenvalue weighted by Gasteiger charge is 2.11. The Morgan fingerprint density at radius 3 is 2.47 bits per heavy atom. The van der Waals surface area contributed by atoms with Gasteiger partial charge in [-0.05, 0) is 35.7 Å². The van der Waals surface area contributed by atoms with E-state index in [2.05, 4.69) is 4.98 Å². The molecular formula is C14H12ClF2NO. The molecule has 0 bridgehead atoms. The maximum atomic E-state index is 13.0. The zero-order valence-electron chi connectivity index (χ0n) is 9.98. The third-order valence-electron chi connectivity index (χ3n) is 2.71. The summed E-state index contributed by atoms with van der Waals surface area (Å²) in [6.45, 7) is 0. The molecule has 100 valence electrons. The maximum absolute atomic E-state index is 13.0. The topological polar surface area (TPSA) is 33.1 Å². The lowest BCUT2D eigenvalue weighted by atomic mass is 10.0. The minimum Gasteiger partial charge on any atom is -0.392 e. The first-order valence-electron chi connectivity index (χ1n) is 5.76. The summed E-state index contributed by atoms with van der Waals surface area (Å²) in [6.07, 6.45) is 2.77. The number of nitrogens with zero attached hydrogens (tertiary/aromatic N) is 1. The molecule has 0 aliphatic rings. The summed E-state index contributed by atoms with van der Waals surface area (Å²) in [4.78, 5) is 3.85. The first-order valence-corrected chi connectivity index (χ1v) is 6.14. The molecule has 0 fully saturated rings. The second-order valence-corrected chi connectivity index (χ2v) is 4.71. The number of pyridine rings is 1. The van der Waals surface area contributed by atoms with Gasteiger partial charge in [0.05, 0.1) is 11.1 Å². The van der Waals surface area contributed by atoms with Gasteiger partial charge in [0.15, 0.2) is 0 Å². The first kappa shape index (κ1) is 13.9. The minimum atomic E-state index is -0.763. The highest BCUT2D eigenvalue weighted by Crippen LogP contribution is 2.17. The van der Waals surface area contributed by atoms with Crippen molar-refractivity contribution in [3.63, 3.8) is 0 Å². The molecule has 1 aromatic heterocycles. The van der Waals surface area contributed by atoms with Gasteiger partial charge in [-0.2, -0.15) is 0 Å². The van der Waals surface area contributed by atoms with Crippen molar-refractivity contribution in [1.29, 1.82) is 0 Å². The summed E-state index contributed by atoms with van der Waals surface area (Å²) < 4.78 is 26.0. The van der Waals surface area contributed by atoms with Crippen molar-refractivity contribution in [2.24, 2.45) is 0 Å². The summed E-state index contributed by atoms with van der Waals surface area (Å²) in [5.74, 6) is -1.30. The second kappa shape index (κ2) is 6.08. The lowest BCUT2D eigenvalue weighted by Crippen LogP contribution is -2.14. The zero-order chi connectivity index (χ0) is 13.8. The molecule has 0 saturated heterocycles. The fourth-order valence-corrected chi connectivity index (χ4v) is 2.09. The highest BCUT2D eigenvalue weighted by atomic mass is 35.5. The molecule has 2 rings (SSSR count). The number of halogens is 3. The summed E-state index contributed by atoms with van der Waals surface area (Å²) >= 11 is 5.93. The van der Waals surface area contributed by atoms with Gasteiger partial charge in [-0.25, -0.2) is 8.78 Å². The molecule has 0 spiro atoms. The highest BCUT2D eigenvalue weighted by molar-refractivity contribution is 6.31. The molecule has 0 amide bonds. The number of hydrogen-bond donors (Lipinski definition) is 1. The van der Waals surface area contributed by atoms with Crippen LogP contribution in [0.15, 0.2) is 36.7 Å². The summed E-state index contributed by atoms with van der Waals surface area (Å²) in [6, 6.07) is 4.92. The Morgan fingerprint density at radius 2 is 1.84 bits per heavy atom. The van der Waals surface area contributed by atoms with Gasteiger partial charge in [0, 0.05) is 24.9 Å². The van der Waals surface area contributed by atoms with E-state index in [1.54, 1.807) is 12.3 Å². The molecule has 19 heavy (non-hydrogen) atoms. The molecule has 0 aliphatic heterocycles. The van der Waals surface area contributed by atoms with Gasteiger partial charge in [0.25, 0.3) is 0 Å². The Hall–Kier alpha value is -1.52. The number of aliphatic hydroxyl groups is 1. The molecule has 1 N–H and O–H groups in total. The van der Waals surface area contributed by atoms with Gasteiger partial charge in [0.2, 0.25) is 0 Å². The van der Waals surface area contributed by atoms with Crippen molar-refractivity contribution in [2.75, 3.05) is 0 Å². The van der Waals surface area contributed by atoms with E-state index >= 15 is 0 Å². The summed E-state index contributed by atoms with van der Waals surface area (Å²) in [7, 11) is 0. The first-order chi connectivity index (χ1) is 9.04. The Balaban J connectivity index is 2.05. The summed E-state index contributed by atoms with van der Waals surface area (Å²) in [5, 5.41) is 10.4. The van der Waals surface area contributed by atoms with Gasteiger partial charge >= 0.3 is 0 Å². The van der Waals surface area contributed by atoms with Crippen LogP contribution < -0.4 is 0 Å². The van der Waals surface area contributed by atoms with E-state index < -0.39 is 17.7 Å². The van der Waals surface area contributed by atoms with Crippen LogP contribution >= 0.6 is 11.6 Å². The van der Waals surface area contributed by atoms with E-state index in [0.717, 1.165) is 11.6 Å². The van der Waals surface area contributed by atoms with Crippen LogP contribution in [0.3, 0.4) is 0 Å². The molecule has 1 aromatic carbocycles. The molecule has 1 heterocycles. The SMILES string of the molecule is OC(Cc1cc(F)cc(F)c1)Cc1ccncc1Cl. The number of aliphatic hydroxyl groups excluding tert-OH is 1. The van der Waals surface area contributed by atoms with E-state index in [1.807, 2.05) is 0 Å². The van der Waals surface area contributed by atoms with E-state index in [1.165, 1.54) is 18.3 Å². The van der Waals surface area contributed by atoms with Crippen LogP contribution in [0.2, 0.25) is 5.02 Å². The normalized spacial score (nSPS) is 12.4. The van der Waals surface area contributed by atoms with Crippen molar-refractivity contribution in [3.05, 3.63) is 64.4 Å². The van der Waals surface area contributed by atoms with Crippen molar-refractivity contribution in [3.8, 4) is 0 Å². The third kappa shape index (κ3) is 3.98. The van der Waals surface area contributed by atoms with Crippen molar-refractivity contribution >= 4 is 11.6 Å². The number of hydrogen-bond acceptors (Lipinski definition) is 2. The van der Waals surface area contributed by atoms with Crippen LogP contribution in [-0.2, 0) is 12.8 Å². The molecule has 2 aromatic rings. The van der Waals surface area contributed by atoms with Crippen LogP contribution in [0, 0.1) is 11.6 Å². The Labute approximate surface area is 114 Å². The van der Waals surface area contributed by atoms with E-state index in [4.69, 9.17) is 11.6 Å². The predicted molar refractivity (Wildman–Crippen MR) is 69.0 cm³/mol. The average molecular weight is 284 g/mol. The quantitative estimate of drug-likeness (QED) is 0.935.